The van der Waals surface area contributed by atoms with Gasteiger partial charge in [-0.3, -0.25) is 9.89 Å². The summed E-state index contributed by atoms with van der Waals surface area (Å²) < 4.78 is 0. The minimum absolute atomic E-state index is 0.00970. The molecule has 2 rings (SSSR count). The normalized spacial score (nSPS) is 12.2. The van der Waals surface area contributed by atoms with Gasteiger partial charge in [-0.05, 0) is 64.8 Å². The van der Waals surface area contributed by atoms with Crippen LogP contribution < -0.4 is 10.6 Å². The molecular weight excluding hydrogens is 288 g/mol. The summed E-state index contributed by atoms with van der Waals surface area (Å²) >= 11 is 0. The first kappa shape index (κ1) is 17.2. The third-order valence-corrected chi connectivity index (χ3v) is 4.05. The van der Waals surface area contributed by atoms with Crippen LogP contribution >= 0.6 is 0 Å². The minimum Gasteiger partial charge on any atom is -0.325 e. The van der Waals surface area contributed by atoms with Crippen LogP contribution in [0.4, 0.5) is 5.69 Å². The van der Waals surface area contributed by atoms with E-state index in [2.05, 4.69) is 20.8 Å². The molecule has 2 aromatic rings. The van der Waals surface area contributed by atoms with Gasteiger partial charge in [0.2, 0.25) is 5.91 Å². The molecule has 1 amide bonds. The lowest BCUT2D eigenvalue weighted by atomic mass is 10.1. The van der Waals surface area contributed by atoms with Crippen LogP contribution in [0.1, 0.15) is 35.9 Å². The van der Waals surface area contributed by atoms with Gasteiger partial charge in [0.05, 0.1) is 11.7 Å². The van der Waals surface area contributed by atoms with Crippen molar-refractivity contribution in [1.82, 2.24) is 15.5 Å². The number of nitrogens with zero attached hydrogens (tertiary/aromatic N) is 1. The van der Waals surface area contributed by atoms with E-state index in [1.54, 1.807) is 0 Å². The molecule has 5 nitrogen and oxygen atoms in total. The zero-order valence-electron chi connectivity index (χ0n) is 14.4. The van der Waals surface area contributed by atoms with Crippen LogP contribution in [0.5, 0.6) is 0 Å². The van der Waals surface area contributed by atoms with Crippen molar-refractivity contribution in [3.63, 3.8) is 0 Å². The largest absolute Gasteiger partial charge is 0.325 e. The van der Waals surface area contributed by atoms with Crippen molar-refractivity contribution >= 4 is 11.6 Å². The first-order valence-corrected chi connectivity index (χ1v) is 8.08. The molecule has 0 bridgehead atoms. The predicted molar refractivity (Wildman–Crippen MR) is 93.7 cm³/mol. The van der Waals surface area contributed by atoms with Crippen molar-refractivity contribution in [3.05, 3.63) is 46.8 Å². The highest BCUT2D eigenvalue weighted by molar-refractivity contribution is 5.94. The van der Waals surface area contributed by atoms with E-state index in [4.69, 9.17) is 0 Å². The second-order valence-electron chi connectivity index (χ2n) is 6.05. The van der Waals surface area contributed by atoms with E-state index in [1.807, 2.05) is 52.0 Å². The lowest BCUT2D eigenvalue weighted by Gasteiger charge is -2.14. The van der Waals surface area contributed by atoms with E-state index >= 15 is 0 Å². The highest BCUT2D eigenvalue weighted by Gasteiger charge is 2.12. The number of carbonyl (C=O) groups excluding carboxylic acids is 1. The van der Waals surface area contributed by atoms with Crippen molar-refractivity contribution in [3.8, 4) is 0 Å². The maximum atomic E-state index is 12.1. The summed E-state index contributed by atoms with van der Waals surface area (Å²) in [5, 5.41) is 13.4. The maximum Gasteiger partial charge on any atom is 0.241 e. The van der Waals surface area contributed by atoms with E-state index in [-0.39, 0.29) is 11.9 Å². The molecule has 0 radical (unpaired) electrons. The summed E-state index contributed by atoms with van der Waals surface area (Å²) in [6.07, 6.45) is 1.94. The van der Waals surface area contributed by atoms with Gasteiger partial charge in [0.1, 0.15) is 0 Å². The molecule has 1 aromatic carbocycles. The number of aromatic amines is 1. The second-order valence-corrected chi connectivity index (χ2v) is 6.05. The van der Waals surface area contributed by atoms with Gasteiger partial charge in [-0.15, -0.1) is 0 Å². The molecule has 1 aromatic heterocycles. The maximum absolute atomic E-state index is 12.1. The molecule has 1 atom stereocenters. The number of hydrogen-bond donors (Lipinski definition) is 3. The Labute approximate surface area is 137 Å². The standard InChI is InChI=1S/C18H26N4O/c1-12-7-9-16(10-8-12)20-18(23)15(4)19-11-5-6-17-13(2)21-22-14(17)3/h7-10,15,19H,5-6,11H2,1-4H3,(H,20,23)(H,21,22)/t15-/m0/s1. The Hall–Kier alpha value is -2.14. The van der Waals surface area contributed by atoms with Gasteiger partial charge in [0, 0.05) is 11.4 Å². The van der Waals surface area contributed by atoms with Gasteiger partial charge in [0.15, 0.2) is 0 Å². The summed E-state index contributed by atoms with van der Waals surface area (Å²) in [6, 6.07) is 7.60. The fourth-order valence-electron chi connectivity index (χ4n) is 2.51. The summed E-state index contributed by atoms with van der Waals surface area (Å²) in [5.41, 5.74) is 5.49. The molecule has 0 spiro atoms. The zero-order chi connectivity index (χ0) is 16.8. The van der Waals surface area contributed by atoms with E-state index in [0.29, 0.717) is 0 Å². The van der Waals surface area contributed by atoms with Crippen LogP contribution in [-0.4, -0.2) is 28.7 Å². The number of aryl methyl sites for hydroxylation is 3. The van der Waals surface area contributed by atoms with Gasteiger partial charge >= 0.3 is 0 Å². The number of hydrogen-bond acceptors (Lipinski definition) is 3. The fraction of sp³-hybridized carbons (Fsp3) is 0.444. The number of anilines is 1. The number of rotatable bonds is 7. The molecule has 1 heterocycles. The van der Waals surface area contributed by atoms with Crippen LogP contribution in [0.15, 0.2) is 24.3 Å². The number of H-pyrrole nitrogens is 1. The zero-order valence-corrected chi connectivity index (χ0v) is 14.4. The summed E-state index contributed by atoms with van der Waals surface area (Å²) in [4.78, 5) is 12.1. The van der Waals surface area contributed by atoms with Crippen molar-refractivity contribution < 1.29 is 4.79 Å². The van der Waals surface area contributed by atoms with Crippen molar-refractivity contribution in [2.45, 2.75) is 46.6 Å². The number of aromatic nitrogens is 2. The molecule has 5 heteroatoms. The Morgan fingerprint density at radius 2 is 1.91 bits per heavy atom. The SMILES string of the molecule is Cc1ccc(NC(=O)[C@H](C)NCCCc2c(C)n[nH]c2C)cc1. The molecule has 0 unspecified atom stereocenters. The summed E-state index contributed by atoms with van der Waals surface area (Å²) in [5.74, 6) is -0.00970. The summed E-state index contributed by atoms with van der Waals surface area (Å²) in [6.45, 7) is 8.77. The van der Waals surface area contributed by atoms with Gasteiger partial charge in [-0.1, -0.05) is 17.7 Å². The molecule has 0 aliphatic heterocycles. The topological polar surface area (TPSA) is 69.8 Å². The van der Waals surface area contributed by atoms with Crippen molar-refractivity contribution in [1.29, 1.82) is 0 Å². The van der Waals surface area contributed by atoms with Crippen LogP contribution in [-0.2, 0) is 11.2 Å². The number of amides is 1. The first-order chi connectivity index (χ1) is 11.0. The Kier molecular flexibility index (Phi) is 5.93. The molecule has 0 fully saturated rings. The molecule has 0 saturated heterocycles. The molecular formula is C18H26N4O. The second kappa shape index (κ2) is 7.92. The highest BCUT2D eigenvalue weighted by Crippen LogP contribution is 2.11. The highest BCUT2D eigenvalue weighted by atomic mass is 16.2. The third kappa shape index (κ3) is 4.93. The fourth-order valence-corrected chi connectivity index (χ4v) is 2.51. The quantitative estimate of drug-likeness (QED) is 0.688. The van der Waals surface area contributed by atoms with Gasteiger partial charge in [-0.25, -0.2) is 0 Å². The average Bonchev–Trinajstić information content (AvgIpc) is 2.85. The number of nitrogens with one attached hydrogen (secondary N) is 3. The average molecular weight is 314 g/mol. The molecule has 0 aliphatic rings. The molecule has 124 valence electrons. The smallest absolute Gasteiger partial charge is 0.241 e. The molecule has 3 N–H and O–H groups in total. The number of benzene rings is 1. The monoisotopic (exact) mass is 314 g/mol. The van der Waals surface area contributed by atoms with Crippen molar-refractivity contribution in [2.24, 2.45) is 0 Å². The lowest BCUT2D eigenvalue weighted by molar-refractivity contribution is -0.117. The molecule has 0 aliphatic carbocycles. The Balaban J connectivity index is 1.72. The van der Waals surface area contributed by atoms with Crippen LogP contribution in [0.2, 0.25) is 0 Å². The first-order valence-electron chi connectivity index (χ1n) is 8.08. The predicted octanol–water partition coefficient (Wildman–Crippen LogP) is 2.88. The lowest BCUT2D eigenvalue weighted by Crippen LogP contribution is -2.38. The van der Waals surface area contributed by atoms with Gasteiger partial charge < -0.3 is 10.6 Å². The van der Waals surface area contributed by atoms with Crippen LogP contribution in [0.3, 0.4) is 0 Å². The van der Waals surface area contributed by atoms with Crippen molar-refractivity contribution in [2.75, 3.05) is 11.9 Å². The number of carbonyl (C=O) groups is 1. The molecule has 0 saturated carbocycles. The van der Waals surface area contributed by atoms with Crippen LogP contribution in [0, 0.1) is 20.8 Å². The van der Waals surface area contributed by atoms with Gasteiger partial charge in [-0.2, -0.15) is 5.10 Å². The Morgan fingerprint density at radius 3 is 2.52 bits per heavy atom. The van der Waals surface area contributed by atoms with E-state index < -0.39 is 0 Å². The van der Waals surface area contributed by atoms with Crippen LogP contribution in [0.25, 0.3) is 0 Å². The molecule has 23 heavy (non-hydrogen) atoms. The summed E-state index contributed by atoms with van der Waals surface area (Å²) in [7, 11) is 0. The third-order valence-electron chi connectivity index (χ3n) is 4.05. The Bertz CT molecular complexity index is 626. The Morgan fingerprint density at radius 1 is 1.22 bits per heavy atom. The van der Waals surface area contributed by atoms with E-state index in [1.165, 1.54) is 11.1 Å². The minimum atomic E-state index is -0.220. The van der Waals surface area contributed by atoms with Gasteiger partial charge in [0.25, 0.3) is 0 Å². The van der Waals surface area contributed by atoms with E-state index in [9.17, 15) is 4.79 Å². The van der Waals surface area contributed by atoms with E-state index in [0.717, 1.165) is 36.5 Å².